The number of pyridine rings is 1. The Labute approximate surface area is 336 Å². The lowest BCUT2D eigenvalue weighted by atomic mass is 9.83. The maximum Gasteiger partial charge on any atom is 0.160 e. The van der Waals surface area contributed by atoms with E-state index in [2.05, 4.69) is 187 Å². The molecule has 3 heteroatoms. The SMILES string of the molecule is c1ccc(-c2cc(-c3ccc(-c4ccncc4)cc3)nc(-c3cccc(-c4c5ccccc5c(-c5cc6ccccc6c6ccccc56)c5ccccc45)c3)n2)cc1. The van der Waals surface area contributed by atoms with Crippen molar-refractivity contribution in [1.82, 2.24) is 15.0 Å². The number of nitrogens with zero attached hydrogens (tertiary/aromatic N) is 3. The van der Waals surface area contributed by atoms with Gasteiger partial charge in [0.15, 0.2) is 5.82 Å². The van der Waals surface area contributed by atoms with Gasteiger partial charge in [-0.2, -0.15) is 0 Å². The summed E-state index contributed by atoms with van der Waals surface area (Å²) in [5.41, 5.74) is 11.9. The van der Waals surface area contributed by atoms with Gasteiger partial charge in [-0.1, -0.05) is 170 Å². The fourth-order valence-corrected chi connectivity index (χ4v) is 8.66. The minimum Gasteiger partial charge on any atom is -0.265 e. The standard InChI is InChI=1S/C55H35N3/c1-2-13-38(14-3-1)51-35-52(39-27-25-36(26-28-39)37-29-31-56-32-30-37)58-55(57-51)42-17-12-16-41(33-42)53-46-21-8-10-23-48(46)54(49-24-11-9-22-47(49)53)50-34-40-15-4-5-18-43(40)44-19-6-7-20-45(44)50/h1-35H. The fraction of sp³-hybridized carbons (Fsp3) is 0. The molecule has 0 radical (unpaired) electrons. The lowest BCUT2D eigenvalue weighted by Gasteiger charge is -2.20. The highest BCUT2D eigenvalue weighted by atomic mass is 14.9. The first kappa shape index (κ1) is 33.6. The number of hydrogen-bond acceptors (Lipinski definition) is 3. The van der Waals surface area contributed by atoms with Gasteiger partial charge in [0.1, 0.15) is 0 Å². The Morgan fingerprint density at radius 1 is 0.276 bits per heavy atom. The van der Waals surface area contributed by atoms with Gasteiger partial charge >= 0.3 is 0 Å². The van der Waals surface area contributed by atoms with Gasteiger partial charge in [-0.05, 0) is 107 Å². The van der Waals surface area contributed by atoms with Crippen molar-refractivity contribution >= 4 is 43.1 Å². The predicted molar refractivity (Wildman–Crippen MR) is 242 cm³/mol. The minimum absolute atomic E-state index is 0.685. The Balaban J connectivity index is 1.10. The van der Waals surface area contributed by atoms with Crippen LogP contribution in [0.15, 0.2) is 213 Å². The summed E-state index contributed by atoms with van der Waals surface area (Å²) in [6.07, 6.45) is 3.65. The number of benzene rings is 9. The molecule has 0 aliphatic heterocycles. The highest BCUT2D eigenvalue weighted by molar-refractivity contribution is 6.25. The van der Waals surface area contributed by atoms with Crippen molar-refractivity contribution in [1.29, 1.82) is 0 Å². The van der Waals surface area contributed by atoms with Crippen LogP contribution in [0.3, 0.4) is 0 Å². The average Bonchev–Trinajstić information content (AvgIpc) is 3.31. The van der Waals surface area contributed by atoms with E-state index in [1.54, 1.807) is 0 Å². The van der Waals surface area contributed by atoms with E-state index in [-0.39, 0.29) is 0 Å². The summed E-state index contributed by atoms with van der Waals surface area (Å²) < 4.78 is 0. The van der Waals surface area contributed by atoms with Crippen LogP contribution in [0.1, 0.15) is 0 Å². The summed E-state index contributed by atoms with van der Waals surface area (Å²) in [5.74, 6) is 0.685. The molecule has 58 heavy (non-hydrogen) atoms. The first-order chi connectivity index (χ1) is 28.8. The molecule has 2 aromatic heterocycles. The van der Waals surface area contributed by atoms with Gasteiger partial charge in [-0.15, -0.1) is 0 Å². The second-order valence-electron chi connectivity index (χ2n) is 14.8. The molecular formula is C55H35N3. The second kappa shape index (κ2) is 14.1. The maximum atomic E-state index is 5.25. The van der Waals surface area contributed by atoms with Crippen LogP contribution < -0.4 is 0 Å². The number of hydrogen-bond donors (Lipinski definition) is 0. The Morgan fingerprint density at radius 3 is 1.43 bits per heavy atom. The Morgan fingerprint density at radius 2 is 0.759 bits per heavy atom. The van der Waals surface area contributed by atoms with Crippen LogP contribution in [0.25, 0.3) is 110 Å². The normalized spacial score (nSPS) is 11.4. The van der Waals surface area contributed by atoms with Crippen LogP contribution in [0.4, 0.5) is 0 Å². The van der Waals surface area contributed by atoms with Crippen LogP contribution in [-0.4, -0.2) is 15.0 Å². The first-order valence-corrected chi connectivity index (χ1v) is 19.7. The van der Waals surface area contributed by atoms with Crippen molar-refractivity contribution < 1.29 is 0 Å². The van der Waals surface area contributed by atoms with E-state index in [4.69, 9.17) is 9.97 Å². The van der Waals surface area contributed by atoms with E-state index in [9.17, 15) is 0 Å². The largest absolute Gasteiger partial charge is 0.265 e. The van der Waals surface area contributed by atoms with Gasteiger partial charge < -0.3 is 0 Å². The molecule has 0 saturated carbocycles. The minimum atomic E-state index is 0.685. The highest BCUT2D eigenvalue weighted by Crippen LogP contribution is 2.47. The van der Waals surface area contributed by atoms with Crippen molar-refractivity contribution in [3.63, 3.8) is 0 Å². The molecule has 0 bridgehead atoms. The van der Waals surface area contributed by atoms with Crippen LogP contribution >= 0.6 is 0 Å². The molecule has 0 atom stereocenters. The van der Waals surface area contributed by atoms with Gasteiger partial charge in [0, 0.05) is 29.1 Å². The lowest BCUT2D eigenvalue weighted by molar-refractivity contribution is 1.18. The van der Waals surface area contributed by atoms with Crippen molar-refractivity contribution in [3.8, 4) is 67.3 Å². The molecule has 0 saturated heterocycles. The summed E-state index contributed by atoms with van der Waals surface area (Å²) in [5, 5.41) is 9.89. The molecular weight excluding hydrogens is 703 g/mol. The quantitative estimate of drug-likeness (QED) is 0.126. The molecule has 0 amide bonds. The molecule has 11 aromatic rings. The van der Waals surface area contributed by atoms with E-state index >= 15 is 0 Å². The predicted octanol–water partition coefficient (Wildman–Crippen LogP) is 14.5. The van der Waals surface area contributed by atoms with Gasteiger partial charge in [0.2, 0.25) is 0 Å². The van der Waals surface area contributed by atoms with Crippen LogP contribution in [-0.2, 0) is 0 Å². The van der Waals surface area contributed by atoms with Crippen molar-refractivity contribution in [2.45, 2.75) is 0 Å². The molecule has 0 unspecified atom stereocenters. The van der Waals surface area contributed by atoms with Gasteiger partial charge in [-0.3, -0.25) is 4.98 Å². The summed E-state index contributed by atoms with van der Waals surface area (Å²) in [7, 11) is 0. The topological polar surface area (TPSA) is 38.7 Å². The van der Waals surface area contributed by atoms with Gasteiger partial charge in [0.25, 0.3) is 0 Å². The molecule has 0 N–H and O–H groups in total. The maximum absolute atomic E-state index is 5.25. The lowest BCUT2D eigenvalue weighted by Crippen LogP contribution is -1.96. The number of aromatic nitrogens is 3. The zero-order valence-electron chi connectivity index (χ0n) is 31.5. The third-order valence-corrected chi connectivity index (χ3v) is 11.4. The number of fused-ring (bicyclic) bond motifs is 5. The monoisotopic (exact) mass is 737 g/mol. The smallest absolute Gasteiger partial charge is 0.160 e. The van der Waals surface area contributed by atoms with Crippen molar-refractivity contribution in [2.75, 3.05) is 0 Å². The van der Waals surface area contributed by atoms with Gasteiger partial charge in [-0.25, -0.2) is 9.97 Å². The second-order valence-corrected chi connectivity index (χ2v) is 14.8. The zero-order valence-corrected chi connectivity index (χ0v) is 31.5. The molecule has 0 spiro atoms. The Hall–Kier alpha value is -7.75. The van der Waals surface area contributed by atoms with E-state index in [1.807, 2.05) is 30.6 Å². The zero-order chi connectivity index (χ0) is 38.4. The molecule has 0 aliphatic carbocycles. The number of rotatable bonds is 6. The summed E-state index contributed by atoms with van der Waals surface area (Å²) >= 11 is 0. The van der Waals surface area contributed by atoms with Gasteiger partial charge in [0.05, 0.1) is 11.4 Å². The molecule has 0 aliphatic rings. The Bertz CT molecular complexity index is 3260. The average molecular weight is 738 g/mol. The third kappa shape index (κ3) is 5.80. The third-order valence-electron chi connectivity index (χ3n) is 11.4. The van der Waals surface area contributed by atoms with Crippen LogP contribution in [0.5, 0.6) is 0 Å². The molecule has 0 fully saturated rings. The van der Waals surface area contributed by atoms with E-state index in [0.29, 0.717) is 5.82 Å². The van der Waals surface area contributed by atoms with E-state index in [1.165, 1.54) is 59.8 Å². The van der Waals surface area contributed by atoms with E-state index < -0.39 is 0 Å². The van der Waals surface area contributed by atoms with Crippen LogP contribution in [0.2, 0.25) is 0 Å². The molecule has 3 nitrogen and oxygen atoms in total. The van der Waals surface area contributed by atoms with Crippen LogP contribution in [0, 0.1) is 0 Å². The van der Waals surface area contributed by atoms with Crippen molar-refractivity contribution in [2.24, 2.45) is 0 Å². The van der Waals surface area contributed by atoms with Crippen molar-refractivity contribution in [3.05, 3.63) is 213 Å². The molecule has 11 rings (SSSR count). The summed E-state index contributed by atoms with van der Waals surface area (Å²) in [6.45, 7) is 0. The molecule has 2 heterocycles. The summed E-state index contributed by atoms with van der Waals surface area (Å²) in [4.78, 5) is 14.6. The van der Waals surface area contributed by atoms with E-state index in [0.717, 1.165) is 44.8 Å². The summed E-state index contributed by atoms with van der Waals surface area (Å²) in [6, 6.07) is 71.6. The fourth-order valence-electron chi connectivity index (χ4n) is 8.66. The molecule has 9 aromatic carbocycles. The Kier molecular flexibility index (Phi) is 8.15. The molecule has 270 valence electrons. The highest BCUT2D eigenvalue weighted by Gasteiger charge is 2.20. The first-order valence-electron chi connectivity index (χ1n) is 19.7.